The van der Waals surface area contributed by atoms with Crippen LogP contribution in [-0.4, -0.2) is 8.97 Å². The SMILES string of the molecule is O=c1c2ccc3cccc4oc(=O)n(c2c34)c2c1ccc1c2c2ccccc2n1-c1ccccc1. The molecule has 0 amide bonds. The van der Waals surface area contributed by atoms with Crippen LogP contribution in [0.4, 0.5) is 0 Å². The van der Waals surface area contributed by atoms with Crippen molar-refractivity contribution in [2.24, 2.45) is 0 Å². The summed E-state index contributed by atoms with van der Waals surface area (Å²) in [4.78, 5) is 27.3. The Bertz CT molecular complexity index is 2250. The van der Waals surface area contributed by atoms with E-state index < -0.39 is 5.76 Å². The third-order valence-electron chi connectivity index (χ3n) is 7.12. The fourth-order valence-electron chi connectivity index (χ4n) is 5.72. The molecule has 0 aliphatic heterocycles. The van der Waals surface area contributed by atoms with Gasteiger partial charge in [-0.1, -0.05) is 54.6 Å². The molecule has 35 heavy (non-hydrogen) atoms. The van der Waals surface area contributed by atoms with Crippen LogP contribution in [0.3, 0.4) is 0 Å². The minimum atomic E-state index is -0.504. The van der Waals surface area contributed by atoms with Crippen LogP contribution in [0.2, 0.25) is 0 Å². The lowest BCUT2D eigenvalue weighted by Gasteiger charge is -2.13. The Kier molecular flexibility index (Phi) is 3.37. The first-order chi connectivity index (χ1) is 17.2. The predicted octanol–water partition coefficient (Wildman–Crippen LogP) is 6.25. The van der Waals surface area contributed by atoms with Gasteiger partial charge in [-0.3, -0.25) is 4.79 Å². The molecule has 164 valence electrons. The van der Waals surface area contributed by atoms with Crippen LogP contribution < -0.4 is 11.2 Å². The van der Waals surface area contributed by atoms with E-state index in [1.165, 1.54) is 0 Å². The first kappa shape index (κ1) is 18.5. The van der Waals surface area contributed by atoms with E-state index >= 15 is 0 Å². The van der Waals surface area contributed by atoms with Crippen LogP contribution in [0.15, 0.2) is 111 Å². The van der Waals surface area contributed by atoms with Gasteiger partial charge >= 0.3 is 5.76 Å². The number of benzene rings is 5. The van der Waals surface area contributed by atoms with Crippen LogP contribution in [0.25, 0.3) is 65.7 Å². The first-order valence-electron chi connectivity index (χ1n) is 11.5. The molecule has 0 bridgehead atoms. The van der Waals surface area contributed by atoms with Crippen LogP contribution >= 0.6 is 0 Å². The van der Waals surface area contributed by atoms with Gasteiger partial charge in [-0.25, -0.2) is 9.20 Å². The number of hydrogen-bond donors (Lipinski definition) is 0. The van der Waals surface area contributed by atoms with E-state index in [0.717, 1.165) is 38.3 Å². The third-order valence-corrected chi connectivity index (χ3v) is 7.12. The molecule has 3 aromatic heterocycles. The second-order valence-electron chi connectivity index (χ2n) is 8.89. The molecule has 0 atom stereocenters. The lowest BCUT2D eigenvalue weighted by molar-refractivity contribution is 0.526. The van der Waals surface area contributed by atoms with Crippen molar-refractivity contribution >= 4 is 60.0 Å². The van der Waals surface area contributed by atoms with Crippen molar-refractivity contribution in [3.63, 3.8) is 0 Å². The molecule has 0 unspecified atom stereocenters. The summed E-state index contributed by atoms with van der Waals surface area (Å²) >= 11 is 0. The summed E-state index contributed by atoms with van der Waals surface area (Å²) in [5, 5.41) is 4.55. The van der Waals surface area contributed by atoms with Gasteiger partial charge in [0.2, 0.25) is 0 Å². The van der Waals surface area contributed by atoms with E-state index in [1.54, 1.807) is 10.5 Å². The largest absolute Gasteiger partial charge is 0.424 e. The molecule has 5 nitrogen and oxygen atoms in total. The Morgan fingerprint density at radius 1 is 0.571 bits per heavy atom. The monoisotopic (exact) mass is 452 g/mol. The van der Waals surface area contributed by atoms with E-state index in [9.17, 15) is 9.59 Å². The van der Waals surface area contributed by atoms with Gasteiger partial charge in [0, 0.05) is 32.6 Å². The summed E-state index contributed by atoms with van der Waals surface area (Å²) in [6.45, 7) is 0. The van der Waals surface area contributed by atoms with Crippen LogP contribution in [-0.2, 0) is 0 Å². The van der Waals surface area contributed by atoms with Crippen LogP contribution in [0.1, 0.15) is 0 Å². The number of aromatic nitrogens is 2. The lowest BCUT2D eigenvalue weighted by Crippen LogP contribution is -2.18. The molecule has 0 N–H and O–H groups in total. The van der Waals surface area contributed by atoms with Crippen molar-refractivity contribution in [1.29, 1.82) is 0 Å². The maximum Gasteiger partial charge on any atom is 0.424 e. The number of hydrogen-bond acceptors (Lipinski definition) is 3. The Labute approximate surface area is 197 Å². The molecule has 0 fully saturated rings. The highest BCUT2D eigenvalue weighted by Gasteiger charge is 2.22. The second kappa shape index (κ2) is 6.36. The summed E-state index contributed by atoms with van der Waals surface area (Å²) in [5.41, 5.74) is 4.52. The zero-order valence-corrected chi connectivity index (χ0v) is 18.4. The van der Waals surface area contributed by atoms with Crippen molar-refractivity contribution in [3.05, 3.63) is 118 Å². The highest BCUT2D eigenvalue weighted by molar-refractivity contribution is 6.23. The maximum absolute atomic E-state index is 13.8. The molecule has 0 saturated heterocycles. The Morgan fingerprint density at radius 2 is 1.31 bits per heavy atom. The minimum Gasteiger partial charge on any atom is -0.409 e. The number of fused-ring (bicyclic) bond motifs is 6. The van der Waals surface area contributed by atoms with E-state index in [1.807, 2.05) is 72.8 Å². The highest BCUT2D eigenvalue weighted by atomic mass is 16.4. The molecule has 8 rings (SSSR count). The molecule has 0 spiro atoms. The lowest BCUT2D eigenvalue weighted by atomic mass is 10.0. The molecule has 5 aromatic carbocycles. The molecule has 0 saturated carbocycles. The van der Waals surface area contributed by atoms with Gasteiger partial charge in [-0.2, -0.15) is 0 Å². The molecular formula is C30H16N2O3. The molecule has 8 aromatic rings. The van der Waals surface area contributed by atoms with Gasteiger partial charge in [0.15, 0.2) is 5.43 Å². The third kappa shape index (κ3) is 2.22. The summed E-state index contributed by atoms with van der Waals surface area (Å²) < 4.78 is 9.59. The highest BCUT2D eigenvalue weighted by Crippen LogP contribution is 2.38. The van der Waals surface area contributed by atoms with Crippen molar-refractivity contribution in [1.82, 2.24) is 8.97 Å². The summed E-state index contributed by atoms with van der Waals surface area (Å²) in [7, 11) is 0. The van der Waals surface area contributed by atoms with Crippen molar-refractivity contribution in [3.8, 4) is 5.69 Å². The van der Waals surface area contributed by atoms with Crippen molar-refractivity contribution in [2.75, 3.05) is 0 Å². The number of nitrogens with zero attached hydrogens (tertiary/aromatic N) is 2. The Morgan fingerprint density at radius 3 is 2.17 bits per heavy atom. The normalized spacial score (nSPS) is 12.2. The van der Waals surface area contributed by atoms with Gasteiger partial charge in [-0.15, -0.1) is 0 Å². The number of pyridine rings is 1. The standard InChI is InChI=1S/C30H16N2O3/c33-29-20-14-13-17-7-6-12-24-25(17)27(20)32(30(34)35-24)28-21(29)15-16-23-26(28)19-10-4-5-11-22(19)31(23)18-8-2-1-3-9-18/h1-16H. The van der Waals surface area contributed by atoms with E-state index in [4.69, 9.17) is 4.42 Å². The van der Waals surface area contributed by atoms with Crippen molar-refractivity contribution in [2.45, 2.75) is 0 Å². The van der Waals surface area contributed by atoms with Gasteiger partial charge in [0.05, 0.1) is 22.1 Å². The molecule has 0 aliphatic carbocycles. The van der Waals surface area contributed by atoms with Crippen LogP contribution in [0.5, 0.6) is 0 Å². The number of para-hydroxylation sites is 2. The summed E-state index contributed by atoms with van der Waals surface area (Å²) in [5.74, 6) is -0.504. The minimum absolute atomic E-state index is 0.0869. The quantitative estimate of drug-likeness (QED) is 0.219. The second-order valence-corrected chi connectivity index (χ2v) is 8.89. The Balaban J connectivity index is 1.75. The molecule has 0 radical (unpaired) electrons. The predicted molar refractivity (Wildman–Crippen MR) is 140 cm³/mol. The van der Waals surface area contributed by atoms with Gasteiger partial charge < -0.3 is 8.98 Å². The molecule has 5 heteroatoms. The average molecular weight is 452 g/mol. The number of rotatable bonds is 1. The molecule has 3 heterocycles. The zero-order chi connectivity index (χ0) is 23.3. The molecule has 0 aliphatic rings. The van der Waals surface area contributed by atoms with Gasteiger partial charge in [-0.05, 0) is 47.9 Å². The maximum atomic E-state index is 13.8. The molecular weight excluding hydrogens is 436 g/mol. The van der Waals surface area contributed by atoms with Gasteiger partial charge in [0.1, 0.15) is 5.58 Å². The van der Waals surface area contributed by atoms with Gasteiger partial charge in [0.25, 0.3) is 0 Å². The van der Waals surface area contributed by atoms with E-state index in [-0.39, 0.29) is 5.43 Å². The topological polar surface area (TPSA) is 56.6 Å². The van der Waals surface area contributed by atoms with Crippen molar-refractivity contribution < 1.29 is 4.42 Å². The van der Waals surface area contributed by atoms with Crippen LogP contribution in [0, 0.1) is 0 Å². The summed E-state index contributed by atoms with van der Waals surface area (Å²) in [6.07, 6.45) is 0. The summed E-state index contributed by atoms with van der Waals surface area (Å²) in [6, 6.07) is 31.3. The average Bonchev–Trinajstić information content (AvgIpc) is 3.23. The first-order valence-corrected chi connectivity index (χ1v) is 11.5. The Hall–Kier alpha value is -4.90. The fourth-order valence-corrected chi connectivity index (χ4v) is 5.72. The van der Waals surface area contributed by atoms with E-state index in [2.05, 4.69) is 22.8 Å². The zero-order valence-electron chi connectivity index (χ0n) is 18.4. The fraction of sp³-hybridized carbons (Fsp3) is 0. The van der Waals surface area contributed by atoms with E-state index in [0.29, 0.717) is 27.4 Å². The smallest absolute Gasteiger partial charge is 0.409 e.